The third-order valence-corrected chi connectivity index (χ3v) is 5.34. The minimum absolute atomic E-state index is 0.213. The van der Waals surface area contributed by atoms with Crippen LogP contribution in [0.3, 0.4) is 0 Å². The SMILES string of the molecule is CC(=O)OC[C@H]1O[C@H](OC(C)=O)[C@H](OC(=O)c2ccccc2)[C@@H](OC(=O)c2ccccc2)[C@@H]1Cl. The molecule has 0 amide bonds. The van der Waals surface area contributed by atoms with Crippen LogP contribution < -0.4 is 0 Å². The Morgan fingerprint density at radius 2 is 1.26 bits per heavy atom. The van der Waals surface area contributed by atoms with Gasteiger partial charge in [0.25, 0.3) is 0 Å². The Labute approximate surface area is 200 Å². The molecule has 1 fully saturated rings. The van der Waals surface area contributed by atoms with Crippen molar-refractivity contribution in [2.45, 2.75) is 43.8 Å². The first-order chi connectivity index (χ1) is 16.3. The minimum Gasteiger partial charge on any atom is -0.463 e. The molecule has 10 heteroatoms. The summed E-state index contributed by atoms with van der Waals surface area (Å²) in [6, 6.07) is 16.2. The Balaban J connectivity index is 1.92. The molecule has 1 saturated heterocycles. The van der Waals surface area contributed by atoms with Crippen LogP contribution in [0.15, 0.2) is 60.7 Å². The lowest BCUT2D eigenvalue weighted by Gasteiger charge is -2.42. The topological polar surface area (TPSA) is 114 Å². The van der Waals surface area contributed by atoms with Crippen molar-refractivity contribution in [2.24, 2.45) is 0 Å². The van der Waals surface area contributed by atoms with Crippen LogP contribution in [0.2, 0.25) is 0 Å². The van der Waals surface area contributed by atoms with Crippen LogP contribution >= 0.6 is 11.6 Å². The molecule has 0 radical (unpaired) electrons. The molecule has 5 atom stereocenters. The summed E-state index contributed by atoms with van der Waals surface area (Å²) >= 11 is 6.56. The second-order valence-corrected chi connectivity index (χ2v) is 7.88. The van der Waals surface area contributed by atoms with E-state index in [4.69, 9.17) is 35.3 Å². The van der Waals surface area contributed by atoms with E-state index in [2.05, 4.69) is 0 Å². The molecular weight excluding hydrogens is 468 g/mol. The predicted molar refractivity (Wildman–Crippen MR) is 118 cm³/mol. The smallest absolute Gasteiger partial charge is 0.338 e. The van der Waals surface area contributed by atoms with Crippen molar-refractivity contribution in [3.05, 3.63) is 71.8 Å². The Bertz CT molecular complexity index is 1010. The van der Waals surface area contributed by atoms with Crippen LogP contribution in [0.5, 0.6) is 0 Å². The first-order valence-corrected chi connectivity index (χ1v) is 10.8. The van der Waals surface area contributed by atoms with Gasteiger partial charge < -0.3 is 23.7 Å². The summed E-state index contributed by atoms with van der Waals surface area (Å²) < 4.78 is 27.1. The molecule has 0 saturated carbocycles. The third-order valence-electron chi connectivity index (χ3n) is 4.81. The second kappa shape index (κ2) is 11.6. The lowest BCUT2D eigenvalue weighted by atomic mass is 10.0. The number of hydrogen-bond donors (Lipinski definition) is 0. The molecule has 0 bridgehead atoms. The van der Waals surface area contributed by atoms with Crippen molar-refractivity contribution >= 4 is 35.5 Å². The van der Waals surface area contributed by atoms with Gasteiger partial charge in [-0.05, 0) is 24.3 Å². The number of benzene rings is 2. The van der Waals surface area contributed by atoms with E-state index in [9.17, 15) is 19.2 Å². The Kier molecular flexibility index (Phi) is 8.61. The van der Waals surface area contributed by atoms with E-state index in [1.54, 1.807) is 36.4 Å². The Morgan fingerprint density at radius 1 is 0.765 bits per heavy atom. The number of carbonyl (C=O) groups excluding carboxylic acids is 4. The number of halogens is 1. The van der Waals surface area contributed by atoms with Crippen molar-refractivity contribution in [2.75, 3.05) is 6.61 Å². The number of alkyl halides is 1. The summed E-state index contributed by atoms with van der Waals surface area (Å²) in [6.45, 7) is 2.03. The highest BCUT2D eigenvalue weighted by Crippen LogP contribution is 2.32. The van der Waals surface area contributed by atoms with Gasteiger partial charge in [-0.25, -0.2) is 9.59 Å². The highest BCUT2D eigenvalue weighted by Gasteiger charge is 2.51. The average Bonchev–Trinajstić information content (AvgIpc) is 2.82. The van der Waals surface area contributed by atoms with E-state index in [-0.39, 0.29) is 17.7 Å². The summed E-state index contributed by atoms with van der Waals surface area (Å²) in [6.07, 6.45) is -5.22. The van der Waals surface area contributed by atoms with E-state index in [1.807, 2.05) is 0 Å². The van der Waals surface area contributed by atoms with Gasteiger partial charge in [-0.1, -0.05) is 36.4 Å². The highest BCUT2D eigenvalue weighted by atomic mass is 35.5. The van der Waals surface area contributed by atoms with Crippen LogP contribution in [-0.4, -0.2) is 60.5 Å². The van der Waals surface area contributed by atoms with Gasteiger partial charge in [-0.3, -0.25) is 9.59 Å². The standard InChI is InChI=1S/C24H23ClO9/c1-14(26)30-13-18-19(25)20(33-22(28)16-9-5-3-6-10-16)21(24(32-18)31-15(2)27)34-23(29)17-11-7-4-8-12-17/h3-12,18-21,24H,13H2,1-2H3/t18-,19-,20+,21-,24+/m1/s1. The summed E-state index contributed by atoms with van der Waals surface area (Å²) in [5, 5.41) is -1.12. The molecule has 2 aromatic rings. The van der Waals surface area contributed by atoms with Crippen LogP contribution in [0.25, 0.3) is 0 Å². The Hall–Kier alpha value is -3.43. The lowest BCUT2D eigenvalue weighted by molar-refractivity contribution is -0.260. The van der Waals surface area contributed by atoms with Gasteiger partial charge in [0.15, 0.2) is 6.10 Å². The minimum atomic E-state index is -1.48. The predicted octanol–water partition coefficient (Wildman–Crippen LogP) is 2.90. The van der Waals surface area contributed by atoms with E-state index >= 15 is 0 Å². The molecule has 0 aromatic heterocycles. The molecule has 34 heavy (non-hydrogen) atoms. The van der Waals surface area contributed by atoms with Gasteiger partial charge in [0.2, 0.25) is 12.4 Å². The van der Waals surface area contributed by atoms with Crippen molar-refractivity contribution in [1.29, 1.82) is 0 Å². The van der Waals surface area contributed by atoms with E-state index in [0.29, 0.717) is 0 Å². The molecule has 3 rings (SSSR count). The molecule has 1 heterocycles. The second-order valence-electron chi connectivity index (χ2n) is 7.37. The summed E-state index contributed by atoms with van der Waals surface area (Å²) in [4.78, 5) is 48.6. The molecule has 2 aromatic carbocycles. The maximum Gasteiger partial charge on any atom is 0.338 e. The van der Waals surface area contributed by atoms with Crippen molar-refractivity contribution < 1.29 is 42.9 Å². The maximum atomic E-state index is 12.8. The van der Waals surface area contributed by atoms with Crippen molar-refractivity contribution in [3.8, 4) is 0 Å². The first kappa shape index (κ1) is 25.2. The van der Waals surface area contributed by atoms with Crippen LogP contribution in [0.4, 0.5) is 0 Å². The Morgan fingerprint density at radius 3 is 1.74 bits per heavy atom. The fraction of sp³-hybridized carbons (Fsp3) is 0.333. The molecule has 180 valence electrons. The summed E-state index contributed by atoms with van der Waals surface area (Å²) in [5.74, 6) is -2.84. The fourth-order valence-electron chi connectivity index (χ4n) is 3.25. The zero-order chi connectivity index (χ0) is 24.7. The average molecular weight is 491 g/mol. The van der Waals surface area contributed by atoms with Gasteiger partial charge in [0.05, 0.1) is 11.1 Å². The number of carbonyl (C=O) groups is 4. The van der Waals surface area contributed by atoms with E-state index in [1.165, 1.54) is 31.2 Å². The van der Waals surface area contributed by atoms with Crippen molar-refractivity contribution in [3.63, 3.8) is 0 Å². The summed E-state index contributed by atoms with van der Waals surface area (Å²) in [5.41, 5.74) is 0.442. The van der Waals surface area contributed by atoms with Gasteiger partial charge >= 0.3 is 23.9 Å². The largest absolute Gasteiger partial charge is 0.463 e. The zero-order valence-electron chi connectivity index (χ0n) is 18.4. The molecule has 1 aliphatic rings. The van der Waals surface area contributed by atoms with E-state index < -0.39 is 53.9 Å². The summed E-state index contributed by atoms with van der Waals surface area (Å²) in [7, 11) is 0. The quantitative estimate of drug-likeness (QED) is 0.328. The maximum absolute atomic E-state index is 12.8. The van der Waals surface area contributed by atoms with Crippen LogP contribution in [0, 0.1) is 0 Å². The molecule has 0 N–H and O–H groups in total. The van der Waals surface area contributed by atoms with Gasteiger partial charge in [-0.2, -0.15) is 0 Å². The molecule has 0 spiro atoms. The number of hydrogen-bond acceptors (Lipinski definition) is 9. The van der Waals surface area contributed by atoms with Crippen LogP contribution in [-0.2, 0) is 33.3 Å². The lowest BCUT2D eigenvalue weighted by Crippen LogP contribution is -2.60. The fourth-order valence-corrected chi connectivity index (χ4v) is 3.57. The molecule has 9 nitrogen and oxygen atoms in total. The molecule has 0 unspecified atom stereocenters. The number of ether oxygens (including phenoxy) is 5. The molecule has 1 aliphatic heterocycles. The van der Waals surface area contributed by atoms with E-state index in [0.717, 1.165) is 6.92 Å². The number of rotatable bonds is 7. The molecule has 0 aliphatic carbocycles. The normalized spacial score (nSPS) is 23.9. The van der Waals surface area contributed by atoms with Gasteiger partial charge in [0.1, 0.15) is 18.1 Å². The van der Waals surface area contributed by atoms with Gasteiger partial charge in [-0.15, -0.1) is 11.6 Å². The monoisotopic (exact) mass is 490 g/mol. The van der Waals surface area contributed by atoms with Crippen LogP contribution in [0.1, 0.15) is 34.6 Å². The highest BCUT2D eigenvalue weighted by molar-refractivity contribution is 6.21. The molecular formula is C24H23ClO9. The number of esters is 4. The van der Waals surface area contributed by atoms with Crippen molar-refractivity contribution in [1.82, 2.24) is 0 Å². The first-order valence-electron chi connectivity index (χ1n) is 10.4. The third kappa shape index (κ3) is 6.55. The zero-order valence-corrected chi connectivity index (χ0v) is 19.2. The van der Waals surface area contributed by atoms with Gasteiger partial charge in [0, 0.05) is 13.8 Å².